The Morgan fingerprint density at radius 2 is 1.89 bits per heavy atom. The van der Waals surface area contributed by atoms with Crippen LogP contribution in [0.4, 0.5) is 19.0 Å². The summed E-state index contributed by atoms with van der Waals surface area (Å²) in [4.78, 5) is 8.28. The van der Waals surface area contributed by atoms with Crippen LogP contribution in [0.1, 0.15) is 25.5 Å². The molecule has 3 heterocycles. The molecule has 1 aliphatic rings. The molecular weight excluding hydrogens is 395 g/mol. The predicted octanol–water partition coefficient (Wildman–Crippen LogP) is 3.65. The van der Waals surface area contributed by atoms with Gasteiger partial charge in [-0.2, -0.15) is 0 Å². The third kappa shape index (κ3) is 5.08. The molecule has 1 aliphatic heterocycles. The molecule has 0 aliphatic carbocycles. The molecule has 154 valence electrons. The minimum Gasteiger partial charge on any atom is -0.388 e. The van der Waals surface area contributed by atoms with Crippen molar-refractivity contribution in [3.63, 3.8) is 0 Å². The second kappa shape index (κ2) is 8.57. The molecule has 0 atom stereocenters. The Bertz CT molecular complexity index is 771. The maximum Gasteiger partial charge on any atom is 0.574 e. The molecule has 2 aromatic heterocycles. The highest BCUT2D eigenvalue weighted by molar-refractivity contribution is 6.18. The maximum absolute atomic E-state index is 12.3. The first-order chi connectivity index (χ1) is 13.3. The monoisotopic (exact) mass is 417 g/mol. The topological polar surface area (TPSA) is 46.4 Å². The number of anilines is 1. The number of piperazine rings is 1. The van der Waals surface area contributed by atoms with Crippen LogP contribution >= 0.6 is 11.6 Å². The summed E-state index contributed by atoms with van der Waals surface area (Å²) in [6.45, 7) is 8.50. The number of rotatable bonds is 6. The molecule has 28 heavy (non-hydrogen) atoms. The van der Waals surface area contributed by atoms with E-state index in [0.29, 0.717) is 11.6 Å². The van der Waals surface area contributed by atoms with E-state index in [9.17, 15) is 13.2 Å². The smallest absolute Gasteiger partial charge is 0.388 e. The van der Waals surface area contributed by atoms with Crippen LogP contribution in [0.15, 0.2) is 24.4 Å². The summed E-state index contributed by atoms with van der Waals surface area (Å²) in [7, 11) is 0. The minimum absolute atomic E-state index is 0.185. The van der Waals surface area contributed by atoms with Gasteiger partial charge in [-0.25, -0.2) is 9.67 Å². The molecule has 1 saturated heterocycles. The Balaban J connectivity index is 1.80. The first-order valence-corrected chi connectivity index (χ1v) is 9.65. The Morgan fingerprint density at radius 3 is 2.43 bits per heavy atom. The van der Waals surface area contributed by atoms with Crippen LogP contribution < -0.4 is 9.64 Å². The van der Waals surface area contributed by atoms with E-state index in [1.54, 1.807) is 4.68 Å². The zero-order valence-corrected chi connectivity index (χ0v) is 16.5. The van der Waals surface area contributed by atoms with Crippen molar-refractivity contribution >= 4 is 17.4 Å². The molecule has 1 fully saturated rings. The van der Waals surface area contributed by atoms with Gasteiger partial charge in [0, 0.05) is 56.4 Å². The van der Waals surface area contributed by atoms with Crippen molar-refractivity contribution in [1.82, 2.24) is 19.7 Å². The summed E-state index contributed by atoms with van der Waals surface area (Å²) in [6.07, 6.45) is -3.43. The quantitative estimate of drug-likeness (QED) is 0.671. The van der Waals surface area contributed by atoms with Crippen molar-refractivity contribution in [2.45, 2.75) is 26.1 Å². The van der Waals surface area contributed by atoms with Gasteiger partial charge in [-0.3, -0.25) is 4.90 Å². The summed E-state index contributed by atoms with van der Waals surface area (Å²) in [5, 5.41) is 4.70. The number of aromatic nitrogens is 3. The van der Waals surface area contributed by atoms with Gasteiger partial charge in [-0.15, -0.1) is 29.9 Å². The van der Waals surface area contributed by atoms with E-state index in [0.717, 1.165) is 44.2 Å². The van der Waals surface area contributed by atoms with Gasteiger partial charge in [-0.05, 0) is 12.0 Å². The number of ether oxygens (including phenoxy) is 1. The molecule has 0 amide bonds. The van der Waals surface area contributed by atoms with Crippen molar-refractivity contribution in [2.75, 3.05) is 43.5 Å². The van der Waals surface area contributed by atoms with Crippen LogP contribution in [-0.2, 0) is 0 Å². The van der Waals surface area contributed by atoms with Gasteiger partial charge in [0.15, 0.2) is 5.82 Å². The number of hydrogen-bond donors (Lipinski definition) is 0. The van der Waals surface area contributed by atoms with Crippen LogP contribution in [-0.4, -0.2) is 64.6 Å². The fourth-order valence-electron chi connectivity index (χ4n) is 3.15. The van der Waals surface area contributed by atoms with Crippen molar-refractivity contribution in [1.29, 1.82) is 0 Å². The van der Waals surface area contributed by atoms with Crippen LogP contribution in [0.5, 0.6) is 5.88 Å². The van der Waals surface area contributed by atoms with E-state index in [1.807, 2.05) is 19.9 Å². The molecule has 3 rings (SSSR count). The van der Waals surface area contributed by atoms with Crippen molar-refractivity contribution in [3.05, 3.63) is 30.1 Å². The van der Waals surface area contributed by atoms with Crippen LogP contribution in [0.3, 0.4) is 0 Å². The lowest BCUT2D eigenvalue weighted by molar-refractivity contribution is -0.276. The van der Waals surface area contributed by atoms with Gasteiger partial charge < -0.3 is 9.64 Å². The lowest BCUT2D eigenvalue weighted by atomic mass is 10.1. The third-order valence-corrected chi connectivity index (χ3v) is 4.77. The molecule has 0 unspecified atom stereocenters. The summed E-state index contributed by atoms with van der Waals surface area (Å²) < 4.78 is 42.5. The summed E-state index contributed by atoms with van der Waals surface area (Å²) >= 11 is 5.81. The summed E-state index contributed by atoms with van der Waals surface area (Å²) in [6, 6.07) is 4.75. The Morgan fingerprint density at radius 1 is 1.18 bits per heavy atom. The first-order valence-electron chi connectivity index (χ1n) is 9.12. The molecule has 2 aromatic rings. The maximum atomic E-state index is 12.3. The van der Waals surface area contributed by atoms with Crippen LogP contribution in [0.25, 0.3) is 5.69 Å². The van der Waals surface area contributed by atoms with Gasteiger partial charge in [-0.1, -0.05) is 13.8 Å². The molecule has 0 aromatic carbocycles. The fraction of sp³-hybridized carbons (Fsp3) is 0.556. The van der Waals surface area contributed by atoms with E-state index >= 15 is 0 Å². The van der Waals surface area contributed by atoms with Crippen LogP contribution in [0, 0.1) is 0 Å². The Kier molecular flexibility index (Phi) is 6.34. The number of pyridine rings is 1. The Hall–Kier alpha value is -2.00. The number of alkyl halides is 4. The minimum atomic E-state index is -4.76. The average Bonchev–Trinajstić information content (AvgIpc) is 3.08. The number of nitrogens with zero attached hydrogens (tertiary/aromatic N) is 5. The second-order valence-corrected chi connectivity index (χ2v) is 7.29. The Labute approximate surface area is 166 Å². The molecule has 0 N–H and O–H groups in total. The summed E-state index contributed by atoms with van der Waals surface area (Å²) in [5.41, 5.74) is 1.55. The highest BCUT2D eigenvalue weighted by Crippen LogP contribution is 2.27. The molecule has 6 nitrogen and oxygen atoms in total. The molecular formula is C18H23ClF3N5O. The standard InChI is InChI=1S/C18H23ClF3N5O/c1-13(2)15-11-16(26-9-7-25(6-5-19)8-10-26)24-27(15)14-3-4-17(23-12-14)28-18(20,21)22/h3-4,11-13H,5-10H2,1-2H3. The first kappa shape index (κ1) is 20.7. The summed E-state index contributed by atoms with van der Waals surface area (Å²) in [5.74, 6) is 1.16. The zero-order valence-electron chi connectivity index (χ0n) is 15.8. The van der Waals surface area contributed by atoms with Crippen molar-refractivity contribution < 1.29 is 17.9 Å². The van der Waals surface area contributed by atoms with Gasteiger partial charge in [0.05, 0.1) is 11.9 Å². The van der Waals surface area contributed by atoms with E-state index in [2.05, 4.69) is 19.5 Å². The number of halogens is 4. The lowest BCUT2D eigenvalue weighted by Gasteiger charge is -2.34. The van der Waals surface area contributed by atoms with E-state index in [-0.39, 0.29) is 5.92 Å². The average molecular weight is 418 g/mol. The zero-order chi connectivity index (χ0) is 20.3. The van der Waals surface area contributed by atoms with E-state index < -0.39 is 12.2 Å². The van der Waals surface area contributed by atoms with Gasteiger partial charge in [0.1, 0.15) is 0 Å². The van der Waals surface area contributed by atoms with Gasteiger partial charge in [0.2, 0.25) is 5.88 Å². The van der Waals surface area contributed by atoms with Gasteiger partial charge in [0.25, 0.3) is 0 Å². The SMILES string of the molecule is CC(C)c1cc(N2CCN(CCCl)CC2)nn1-c1ccc(OC(F)(F)F)nc1. The van der Waals surface area contributed by atoms with Crippen molar-refractivity contribution in [3.8, 4) is 11.6 Å². The predicted molar refractivity (Wildman–Crippen MR) is 102 cm³/mol. The molecule has 10 heteroatoms. The third-order valence-electron chi connectivity index (χ3n) is 4.60. The lowest BCUT2D eigenvalue weighted by Crippen LogP contribution is -2.47. The normalized spacial score (nSPS) is 16.0. The largest absolute Gasteiger partial charge is 0.574 e. The number of hydrogen-bond acceptors (Lipinski definition) is 5. The van der Waals surface area contributed by atoms with Crippen LogP contribution in [0.2, 0.25) is 0 Å². The van der Waals surface area contributed by atoms with Crippen molar-refractivity contribution in [2.24, 2.45) is 0 Å². The highest BCUT2D eigenvalue weighted by atomic mass is 35.5. The molecule has 0 bridgehead atoms. The van der Waals surface area contributed by atoms with E-state index in [1.165, 1.54) is 18.3 Å². The second-order valence-electron chi connectivity index (χ2n) is 6.91. The molecule has 0 saturated carbocycles. The fourth-order valence-corrected chi connectivity index (χ4v) is 3.39. The molecule has 0 spiro atoms. The van der Waals surface area contributed by atoms with E-state index in [4.69, 9.17) is 16.7 Å². The molecule has 0 radical (unpaired) electrons. The highest BCUT2D eigenvalue weighted by Gasteiger charge is 2.31. The van der Waals surface area contributed by atoms with Gasteiger partial charge >= 0.3 is 6.36 Å².